The second-order valence-corrected chi connectivity index (χ2v) is 5.31. The molecule has 0 aliphatic heterocycles. The minimum absolute atomic E-state index is 0.166. The van der Waals surface area contributed by atoms with E-state index in [2.05, 4.69) is 39.6 Å². The lowest BCUT2D eigenvalue weighted by atomic mass is 9.77. The second kappa shape index (κ2) is 4.14. The first kappa shape index (κ1) is 12.5. The Morgan fingerprint density at radius 2 is 1.77 bits per heavy atom. The van der Waals surface area contributed by atoms with Gasteiger partial charge in [-0.25, -0.2) is 0 Å². The average Bonchev–Trinajstić information content (AvgIpc) is 1.81. The average molecular weight is 184 g/mol. The SMILES string of the molecule is C=C(N)CC(C)(C)CC(C)(C)NC. The van der Waals surface area contributed by atoms with Gasteiger partial charge in [-0.05, 0) is 39.2 Å². The van der Waals surface area contributed by atoms with Gasteiger partial charge in [-0.2, -0.15) is 0 Å². The zero-order chi connectivity index (χ0) is 10.7. The van der Waals surface area contributed by atoms with Gasteiger partial charge < -0.3 is 11.1 Å². The highest BCUT2D eigenvalue weighted by atomic mass is 14.9. The van der Waals surface area contributed by atoms with E-state index in [1.165, 1.54) is 0 Å². The molecule has 0 spiro atoms. The molecule has 13 heavy (non-hydrogen) atoms. The number of nitrogens with two attached hydrogens (primary N) is 1. The number of hydrogen-bond donors (Lipinski definition) is 2. The van der Waals surface area contributed by atoms with Crippen molar-refractivity contribution in [3.8, 4) is 0 Å². The third-order valence-corrected chi connectivity index (χ3v) is 2.30. The summed E-state index contributed by atoms with van der Waals surface area (Å²) in [4.78, 5) is 0. The highest BCUT2D eigenvalue weighted by molar-refractivity contribution is 4.95. The zero-order valence-electron chi connectivity index (χ0n) is 9.70. The number of hydrogen-bond acceptors (Lipinski definition) is 2. The molecule has 0 unspecified atom stereocenters. The second-order valence-electron chi connectivity index (χ2n) is 5.31. The fourth-order valence-electron chi connectivity index (χ4n) is 1.96. The van der Waals surface area contributed by atoms with Gasteiger partial charge in [-0.1, -0.05) is 20.4 Å². The third kappa shape index (κ3) is 5.69. The first-order valence-corrected chi connectivity index (χ1v) is 4.81. The van der Waals surface area contributed by atoms with Crippen LogP contribution in [0, 0.1) is 5.41 Å². The van der Waals surface area contributed by atoms with Crippen LogP contribution < -0.4 is 11.1 Å². The van der Waals surface area contributed by atoms with Crippen LogP contribution in [0.4, 0.5) is 0 Å². The lowest BCUT2D eigenvalue weighted by Crippen LogP contribution is -2.40. The van der Waals surface area contributed by atoms with Crippen LogP contribution in [0.2, 0.25) is 0 Å². The molecule has 0 radical (unpaired) electrons. The minimum atomic E-state index is 0.166. The Bertz CT molecular complexity index is 181. The van der Waals surface area contributed by atoms with E-state index in [0.717, 1.165) is 18.5 Å². The van der Waals surface area contributed by atoms with Gasteiger partial charge in [0.25, 0.3) is 0 Å². The lowest BCUT2D eigenvalue weighted by Gasteiger charge is -2.34. The quantitative estimate of drug-likeness (QED) is 0.688. The van der Waals surface area contributed by atoms with E-state index in [9.17, 15) is 0 Å². The van der Waals surface area contributed by atoms with Crippen LogP contribution in [-0.2, 0) is 0 Å². The molecule has 0 heterocycles. The topological polar surface area (TPSA) is 38.0 Å². The maximum atomic E-state index is 5.62. The van der Waals surface area contributed by atoms with E-state index in [4.69, 9.17) is 5.73 Å². The van der Waals surface area contributed by atoms with Gasteiger partial charge in [0, 0.05) is 11.2 Å². The van der Waals surface area contributed by atoms with Gasteiger partial charge in [-0.15, -0.1) is 0 Å². The Hall–Kier alpha value is -0.500. The van der Waals surface area contributed by atoms with E-state index in [1.54, 1.807) is 0 Å². The summed E-state index contributed by atoms with van der Waals surface area (Å²) in [5, 5.41) is 3.30. The van der Waals surface area contributed by atoms with Crippen molar-refractivity contribution in [3.63, 3.8) is 0 Å². The first-order chi connectivity index (χ1) is 5.68. The van der Waals surface area contributed by atoms with Crippen LogP contribution in [0.25, 0.3) is 0 Å². The van der Waals surface area contributed by atoms with Crippen molar-refractivity contribution in [2.45, 2.75) is 46.1 Å². The van der Waals surface area contributed by atoms with Crippen molar-refractivity contribution in [2.24, 2.45) is 11.1 Å². The van der Waals surface area contributed by atoms with Gasteiger partial charge in [0.2, 0.25) is 0 Å². The molecule has 0 aromatic carbocycles. The molecule has 0 saturated carbocycles. The molecule has 0 fully saturated rings. The molecule has 0 rings (SSSR count). The van der Waals surface area contributed by atoms with Crippen LogP contribution in [0.15, 0.2) is 12.3 Å². The van der Waals surface area contributed by atoms with Gasteiger partial charge in [0.05, 0.1) is 0 Å². The van der Waals surface area contributed by atoms with Crippen LogP contribution in [0.3, 0.4) is 0 Å². The Kier molecular flexibility index (Phi) is 3.98. The smallest absolute Gasteiger partial charge is 0.0127 e. The highest BCUT2D eigenvalue weighted by Gasteiger charge is 2.27. The summed E-state index contributed by atoms with van der Waals surface area (Å²) in [5.74, 6) is 0. The molecule has 2 nitrogen and oxygen atoms in total. The molecule has 0 aliphatic carbocycles. The molecule has 0 aliphatic rings. The van der Waals surface area contributed by atoms with E-state index in [-0.39, 0.29) is 11.0 Å². The van der Waals surface area contributed by atoms with E-state index >= 15 is 0 Å². The predicted octanol–water partition coefficient (Wildman–Crippen LogP) is 2.26. The van der Waals surface area contributed by atoms with Crippen molar-refractivity contribution >= 4 is 0 Å². The van der Waals surface area contributed by atoms with Gasteiger partial charge in [0.1, 0.15) is 0 Å². The monoisotopic (exact) mass is 184 g/mol. The van der Waals surface area contributed by atoms with E-state index in [1.807, 2.05) is 7.05 Å². The number of rotatable bonds is 5. The van der Waals surface area contributed by atoms with E-state index < -0.39 is 0 Å². The van der Waals surface area contributed by atoms with Crippen molar-refractivity contribution in [2.75, 3.05) is 7.05 Å². The normalized spacial score (nSPS) is 13.0. The van der Waals surface area contributed by atoms with Gasteiger partial charge in [0.15, 0.2) is 0 Å². The predicted molar refractivity (Wildman–Crippen MR) is 59.5 cm³/mol. The van der Waals surface area contributed by atoms with Gasteiger partial charge >= 0.3 is 0 Å². The molecule has 0 bridgehead atoms. The molecule has 2 heteroatoms. The van der Waals surface area contributed by atoms with Crippen LogP contribution in [0.1, 0.15) is 40.5 Å². The van der Waals surface area contributed by atoms with Crippen molar-refractivity contribution in [1.82, 2.24) is 5.32 Å². The first-order valence-electron chi connectivity index (χ1n) is 4.81. The Labute approximate surface area is 82.6 Å². The van der Waals surface area contributed by atoms with Gasteiger partial charge in [-0.3, -0.25) is 0 Å². The fraction of sp³-hybridized carbons (Fsp3) is 0.818. The molecule has 0 atom stereocenters. The van der Waals surface area contributed by atoms with Crippen molar-refractivity contribution in [1.29, 1.82) is 0 Å². The maximum absolute atomic E-state index is 5.62. The minimum Gasteiger partial charge on any atom is -0.402 e. The lowest BCUT2D eigenvalue weighted by molar-refractivity contribution is 0.230. The molecule has 3 N–H and O–H groups in total. The van der Waals surface area contributed by atoms with Crippen LogP contribution >= 0.6 is 0 Å². The Morgan fingerprint density at radius 1 is 1.31 bits per heavy atom. The molecular formula is C11H24N2. The summed E-state index contributed by atoms with van der Waals surface area (Å²) < 4.78 is 0. The Balaban J connectivity index is 4.24. The number of nitrogens with one attached hydrogen (secondary N) is 1. The fourth-order valence-corrected chi connectivity index (χ4v) is 1.96. The highest BCUT2D eigenvalue weighted by Crippen LogP contribution is 2.32. The summed E-state index contributed by atoms with van der Waals surface area (Å²) >= 11 is 0. The molecule has 0 amide bonds. The van der Waals surface area contributed by atoms with Crippen LogP contribution in [0.5, 0.6) is 0 Å². The zero-order valence-corrected chi connectivity index (χ0v) is 9.70. The molecule has 78 valence electrons. The third-order valence-electron chi connectivity index (χ3n) is 2.30. The largest absolute Gasteiger partial charge is 0.402 e. The maximum Gasteiger partial charge on any atom is 0.0127 e. The summed E-state index contributed by atoms with van der Waals surface area (Å²) in [7, 11) is 1.99. The Morgan fingerprint density at radius 3 is 2.08 bits per heavy atom. The molecular weight excluding hydrogens is 160 g/mol. The summed E-state index contributed by atoms with van der Waals surface area (Å²) in [6.45, 7) is 12.6. The van der Waals surface area contributed by atoms with E-state index in [0.29, 0.717) is 0 Å². The van der Waals surface area contributed by atoms with Crippen LogP contribution in [-0.4, -0.2) is 12.6 Å². The molecule has 0 saturated heterocycles. The van der Waals surface area contributed by atoms with Crippen molar-refractivity contribution < 1.29 is 0 Å². The molecule has 0 aromatic heterocycles. The molecule has 0 aromatic rings. The summed E-state index contributed by atoms with van der Waals surface area (Å²) in [6.07, 6.45) is 1.98. The summed E-state index contributed by atoms with van der Waals surface area (Å²) in [6, 6.07) is 0. The number of allylic oxidation sites excluding steroid dienone is 1. The van der Waals surface area contributed by atoms with Crippen molar-refractivity contribution in [3.05, 3.63) is 12.3 Å². The summed E-state index contributed by atoms with van der Waals surface area (Å²) in [5.41, 5.74) is 6.79. The standard InChI is InChI=1S/C11H24N2/c1-9(12)7-10(2,3)8-11(4,5)13-6/h13H,1,7-8,12H2,2-6H3.